The van der Waals surface area contributed by atoms with Crippen LogP contribution in [0, 0.1) is 13.8 Å². The number of thioether (sulfide) groups is 1. The number of amides is 1. The third-order valence-corrected chi connectivity index (χ3v) is 9.66. The second-order valence-electron chi connectivity index (χ2n) is 9.15. The van der Waals surface area contributed by atoms with Crippen molar-refractivity contribution in [2.45, 2.75) is 36.7 Å². The van der Waals surface area contributed by atoms with Gasteiger partial charge in [0.2, 0.25) is 26.6 Å². The van der Waals surface area contributed by atoms with Crippen LogP contribution in [0.2, 0.25) is 0 Å². The SMILES string of the molecule is Cc1ccc(S(=O)(=O)c2nc(C=C3SC(=S)N(C(C)c4ccccc4)C3=O)oc2N2CCOCC2)cc1C. The number of aryl methyl sites for hydroxylation is 2. The average molecular weight is 570 g/mol. The summed E-state index contributed by atoms with van der Waals surface area (Å²) in [4.78, 5) is 21.6. The highest BCUT2D eigenvalue weighted by Crippen LogP contribution is 2.39. The van der Waals surface area contributed by atoms with Gasteiger partial charge < -0.3 is 14.1 Å². The number of ether oxygens (including phenoxy) is 1. The lowest BCUT2D eigenvalue weighted by Gasteiger charge is -2.26. The van der Waals surface area contributed by atoms with Gasteiger partial charge in [-0.2, -0.15) is 4.98 Å². The fraction of sp³-hybridized carbons (Fsp3) is 0.296. The Kier molecular flexibility index (Phi) is 7.45. The maximum Gasteiger partial charge on any atom is 0.266 e. The predicted molar refractivity (Wildman–Crippen MR) is 151 cm³/mol. The molecule has 3 aromatic rings. The first-order valence-corrected chi connectivity index (χ1v) is 14.9. The number of sulfone groups is 1. The molecule has 1 atom stereocenters. The molecule has 0 aliphatic carbocycles. The molecule has 1 amide bonds. The van der Waals surface area contributed by atoms with Crippen LogP contribution in [-0.4, -0.2) is 54.8 Å². The van der Waals surface area contributed by atoms with Crippen molar-refractivity contribution in [1.82, 2.24) is 9.88 Å². The maximum absolute atomic E-state index is 13.7. The second-order valence-corrected chi connectivity index (χ2v) is 12.7. The smallest absolute Gasteiger partial charge is 0.266 e. The summed E-state index contributed by atoms with van der Waals surface area (Å²) in [6.07, 6.45) is 1.47. The fourth-order valence-corrected chi connectivity index (χ4v) is 7.11. The molecule has 0 spiro atoms. The van der Waals surface area contributed by atoms with E-state index in [2.05, 4.69) is 4.98 Å². The molecule has 8 nitrogen and oxygen atoms in total. The van der Waals surface area contributed by atoms with Crippen LogP contribution in [0.3, 0.4) is 0 Å². The zero-order chi connectivity index (χ0) is 27.0. The summed E-state index contributed by atoms with van der Waals surface area (Å²) in [7, 11) is -4.00. The van der Waals surface area contributed by atoms with E-state index in [1.165, 1.54) is 6.08 Å². The van der Waals surface area contributed by atoms with Crippen molar-refractivity contribution in [1.29, 1.82) is 0 Å². The number of benzene rings is 2. The number of hydrogen-bond donors (Lipinski definition) is 0. The van der Waals surface area contributed by atoms with Crippen molar-refractivity contribution in [2.75, 3.05) is 31.2 Å². The van der Waals surface area contributed by atoms with E-state index in [0.717, 1.165) is 28.5 Å². The van der Waals surface area contributed by atoms with Gasteiger partial charge in [0.25, 0.3) is 5.91 Å². The molecule has 2 saturated heterocycles. The number of thiocarbonyl (C=S) groups is 1. The molecule has 0 bridgehead atoms. The normalized spacial score (nSPS) is 18.4. The molecular formula is C27H27N3O5S3. The third kappa shape index (κ3) is 5.03. The van der Waals surface area contributed by atoms with Crippen molar-refractivity contribution >= 4 is 56.0 Å². The Balaban J connectivity index is 1.53. The number of carbonyl (C=O) groups is 1. The van der Waals surface area contributed by atoms with Gasteiger partial charge in [0.05, 0.1) is 29.1 Å². The highest BCUT2D eigenvalue weighted by Gasteiger charge is 2.37. The first kappa shape index (κ1) is 26.6. The number of rotatable bonds is 6. The van der Waals surface area contributed by atoms with Crippen LogP contribution in [0.1, 0.15) is 35.5 Å². The quantitative estimate of drug-likeness (QED) is 0.303. The lowest BCUT2D eigenvalue weighted by atomic mass is 10.1. The molecule has 5 rings (SSSR count). The number of hydrogen-bond acceptors (Lipinski definition) is 9. The fourth-order valence-electron chi connectivity index (χ4n) is 4.32. The van der Waals surface area contributed by atoms with Crippen molar-refractivity contribution in [3.63, 3.8) is 0 Å². The molecule has 3 heterocycles. The van der Waals surface area contributed by atoms with Gasteiger partial charge in [-0.05, 0) is 49.6 Å². The van der Waals surface area contributed by atoms with E-state index in [0.29, 0.717) is 35.5 Å². The van der Waals surface area contributed by atoms with Crippen LogP contribution in [-0.2, 0) is 19.4 Å². The van der Waals surface area contributed by atoms with E-state index in [4.69, 9.17) is 21.4 Å². The van der Waals surface area contributed by atoms with Crippen LogP contribution in [0.15, 0.2) is 67.8 Å². The van der Waals surface area contributed by atoms with Gasteiger partial charge in [-0.1, -0.05) is 60.4 Å². The molecule has 2 aliphatic heterocycles. The van der Waals surface area contributed by atoms with Gasteiger partial charge in [-0.3, -0.25) is 9.69 Å². The molecule has 0 N–H and O–H groups in total. The van der Waals surface area contributed by atoms with Crippen molar-refractivity contribution in [3.05, 3.63) is 76.0 Å². The van der Waals surface area contributed by atoms with Crippen molar-refractivity contribution < 1.29 is 22.4 Å². The van der Waals surface area contributed by atoms with Gasteiger partial charge in [0.1, 0.15) is 4.32 Å². The van der Waals surface area contributed by atoms with Gasteiger partial charge in [-0.25, -0.2) is 8.42 Å². The Hall–Kier alpha value is -2.99. The molecule has 1 aromatic heterocycles. The van der Waals surface area contributed by atoms with Gasteiger partial charge >= 0.3 is 0 Å². The van der Waals surface area contributed by atoms with E-state index in [-0.39, 0.29) is 33.6 Å². The van der Waals surface area contributed by atoms with E-state index < -0.39 is 9.84 Å². The minimum atomic E-state index is -4.00. The molecule has 1 unspecified atom stereocenters. The summed E-state index contributed by atoms with van der Waals surface area (Å²) < 4.78 is 39.3. The zero-order valence-corrected chi connectivity index (χ0v) is 23.7. The Morgan fingerprint density at radius 3 is 2.47 bits per heavy atom. The van der Waals surface area contributed by atoms with Gasteiger partial charge in [0, 0.05) is 19.2 Å². The monoisotopic (exact) mass is 569 g/mol. The summed E-state index contributed by atoms with van der Waals surface area (Å²) in [5.41, 5.74) is 2.81. The number of aromatic nitrogens is 1. The summed E-state index contributed by atoms with van der Waals surface area (Å²) in [5.74, 6) is -0.103. The molecule has 38 heavy (non-hydrogen) atoms. The highest BCUT2D eigenvalue weighted by molar-refractivity contribution is 8.26. The van der Waals surface area contributed by atoms with Gasteiger partial charge in [-0.15, -0.1) is 0 Å². The van der Waals surface area contributed by atoms with E-state index in [9.17, 15) is 13.2 Å². The molecule has 2 fully saturated rings. The first-order valence-electron chi connectivity index (χ1n) is 12.1. The summed E-state index contributed by atoms with van der Waals surface area (Å²) in [6.45, 7) is 7.50. The summed E-state index contributed by atoms with van der Waals surface area (Å²) >= 11 is 6.67. The minimum Gasteiger partial charge on any atom is -0.420 e. The van der Waals surface area contributed by atoms with E-state index in [1.54, 1.807) is 23.1 Å². The van der Waals surface area contributed by atoms with Crippen LogP contribution in [0.25, 0.3) is 6.08 Å². The molecule has 198 valence electrons. The molecular weight excluding hydrogens is 543 g/mol. The molecule has 0 radical (unpaired) electrons. The summed E-state index contributed by atoms with van der Waals surface area (Å²) in [5, 5.41) is -0.179. The number of oxazole rings is 1. The highest BCUT2D eigenvalue weighted by atomic mass is 32.2. The second kappa shape index (κ2) is 10.6. The topological polar surface area (TPSA) is 93.0 Å². The van der Waals surface area contributed by atoms with Crippen LogP contribution in [0.4, 0.5) is 5.88 Å². The first-order chi connectivity index (χ1) is 18.2. The van der Waals surface area contributed by atoms with Gasteiger partial charge in [0.15, 0.2) is 0 Å². The van der Waals surface area contributed by atoms with E-state index >= 15 is 0 Å². The molecule has 0 saturated carbocycles. The maximum atomic E-state index is 13.7. The molecule has 2 aromatic carbocycles. The third-order valence-electron chi connectivity index (χ3n) is 6.68. The average Bonchev–Trinajstić information content (AvgIpc) is 3.47. The Morgan fingerprint density at radius 2 is 1.79 bits per heavy atom. The Labute approximate surface area is 231 Å². The zero-order valence-electron chi connectivity index (χ0n) is 21.2. The largest absolute Gasteiger partial charge is 0.420 e. The molecule has 2 aliphatic rings. The van der Waals surface area contributed by atoms with Crippen LogP contribution in [0.5, 0.6) is 0 Å². The number of morpholine rings is 1. The Morgan fingerprint density at radius 1 is 1.08 bits per heavy atom. The number of nitrogens with zero attached hydrogens (tertiary/aromatic N) is 3. The number of anilines is 1. The minimum absolute atomic E-state index is 0.0294. The van der Waals surface area contributed by atoms with Crippen molar-refractivity contribution in [2.24, 2.45) is 0 Å². The van der Waals surface area contributed by atoms with E-state index in [1.807, 2.05) is 56.0 Å². The lowest BCUT2D eigenvalue weighted by molar-refractivity contribution is -0.123. The van der Waals surface area contributed by atoms with Crippen LogP contribution < -0.4 is 4.90 Å². The van der Waals surface area contributed by atoms with Crippen molar-refractivity contribution in [3.8, 4) is 0 Å². The lowest BCUT2D eigenvalue weighted by Crippen LogP contribution is -2.36. The summed E-state index contributed by atoms with van der Waals surface area (Å²) in [6, 6.07) is 14.4. The molecule has 11 heteroatoms. The van der Waals surface area contributed by atoms with Crippen LogP contribution >= 0.6 is 24.0 Å². The standard InChI is InChI=1S/C27H27N3O5S3/c1-17-9-10-21(15-18(17)2)38(32,33)24-26(29-11-13-34-14-12-29)35-23(28-24)16-22-25(31)30(27(36)37-22)19(3)20-7-5-4-6-8-20/h4-10,15-16,19H,11-14H2,1-3H3. The Bertz CT molecular complexity index is 1530. The predicted octanol–water partition coefficient (Wildman–Crippen LogP) is 4.92. The number of carbonyl (C=O) groups excluding carboxylic acids is 1.